The third kappa shape index (κ3) is 3.98. The van der Waals surface area contributed by atoms with E-state index in [2.05, 4.69) is 15.3 Å². The van der Waals surface area contributed by atoms with Crippen LogP contribution in [0.1, 0.15) is 9.67 Å². The van der Waals surface area contributed by atoms with Crippen LogP contribution in [-0.4, -0.2) is 23.0 Å². The van der Waals surface area contributed by atoms with Gasteiger partial charge in [0.1, 0.15) is 10.6 Å². The second kappa shape index (κ2) is 7.87. The highest BCUT2D eigenvalue weighted by atomic mass is 35.5. The molecule has 4 rings (SSSR count). The predicted octanol–water partition coefficient (Wildman–Crippen LogP) is 5.51. The molecule has 0 saturated carbocycles. The highest BCUT2D eigenvalue weighted by Crippen LogP contribution is 2.37. The van der Waals surface area contributed by atoms with Gasteiger partial charge in [0, 0.05) is 21.7 Å². The van der Waals surface area contributed by atoms with Gasteiger partial charge in [0.05, 0.1) is 22.7 Å². The van der Waals surface area contributed by atoms with Crippen molar-refractivity contribution >= 4 is 62.3 Å². The molecular formula is C20H14Cl2N4O2S. The lowest BCUT2D eigenvalue weighted by atomic mass is 10.1. The molecule has 0 spiro atoms. The van der Waals surface area contributed by atoms with Crippen LogP contribution in [0.5, 0.6) is 5.75 Å². The summed E-state index contributed by atoms with van der Waals surface area (Å²) in [6.07, 6.45) is 0. The van der Waals surface area contributed by atoms with Gasteiger partial charge in [-0.05, 0) is 48.5 Å². The van der Waals surface area contributed by atoms with Crippen molar-refractivity contribution < 1.29 is 9.53 Å². The van der Waals surface area contributed by atoms with Gasteiger partial charge in [0.25, 0.3) is 5.91 Å². The molecule has 29 heavy (non-hydrogen) atoms. The summed E-state index contributed by atoms with van der Waals surface area (Å²) in [7, 11) is 1.59. The molecule has 0 atom stereocenters. The fraction of sp³-hybridized carbons (Fsp3) is 0.0500. The molecule has 0 aliphatic rings. The Kier molecular flexibility index (Phi) is 5.27. The summed E-state index contributed by atoms with van der Waals surface area (Å²) in [5, 5.41) is 4.50. The third-order valence-corrected chi connectivity index (χ3v) is 5.74. The van der Waals surface area contributed by atoms with Gasteiger partial charge in [0.15, 0.2) is 0 Å². The van der Waals surface area contributed by atoms with Crippen LogP contribution in [-0.2, 0) is 0 Å². The van der Waals surface area contributed by atoms with Crippen molar-refractivity contribution in [2.24, 2.45) is 0 Å². The van der Waals surface area contributed by atoms with Crippen molar-refractivity contribution in [2.45, 2.75) is 0 Å². The van der Waals surface area contributed by atoms with E-state index >= 15 is 0 Å². The smallest absolute Gasteiger partial charge is 0.265 e. The van der Waals surface area contributed by atoms with Crippen LogP contribution >= 0.6 is 34.5 Å². The predicted molar refractivity (Wildman–Crippen MR) is 118 cm³/mol. The lowest BCUT2D eigenvalue weighted by Gasteiger charge is -2.06. The van der Waals surface area contributed by atoms with Crippen LogP contribution in [0.25, 0.3) is 21.5 Å². The molecular weight excluding hydrogens is 431 g/mol. The molecule has 0 aliphatic heterocycles. The molecule has 0 fully saturated rings. The van der Waals surface area contributed by atoms with Crippen molar-refractivity contribution in [1.29, 1.82) is 0 Å². The van der Waals surface area contributed by atoms with Gasteiger partial charge in [-0.15, -0.1) is 11.3 Å². The summed E-state index contributed by atoms with van der Waals surface area (Å²) in [4.78, 5) is 22.4. The standard InChI is InChI=1S/C20H14Cl2N4O2S/c1-28-12-5-3-11(4-6-12)24-18(27)16-9-14-17(25-20(23)26-19(14)29-16)13-7-2-10(21)8-15(13)22/h2-9H,1H3,(H,24,27)(H2,23,25,26). The number of carbonyl (C=O) groups excluding carboxylic acids is 1. The molecule has 2 aromatic heterocycles. The first-order valence-electron chi connectivity index (χ1n) is 8.42. The number of nitrogens with two attached hydrogens (primary N) is 1. The average molecular weight is 445 g/mol. The first-order chi connectivity index (χ1) is 13.9. The van der Waals surface area contributed by atoms with E-state index in [9.17, 15) is 4.79 Å². The van der Waals surface area contributed by atoms with E-state index in [-0.39, 0.29) is 11.9 Å². The summed E-state index contributed by atoms with van der Waals surface area (Å²) in [6.45, 7) is 0. The molecule has 2 heterocycles. The van der Waals surface area contributed by atoms with E-state index in [1.165, 1.54) is 11.3 Å². The number of methoxy groups -OCH3 is 1. The SMILES string of the molecule is COc1ccc(NC(=O)c2cc3c(-c4ccc(Cl)cc4Cl)nc(N)nc3s2)cc1. The number of benzene rings is 2. The fourth-order valence-corrected chi connectivity index (χ4v) is 4.24. The molecule has 0 bridgehead atoms. The number of anilines is 2. The van der Waals surface area contributed by atoms with Crippen molar-refractivity contribution in [3.05, 3.63) is 63.5 Å². The normalized spacial score (nSPS) is 10.9. The number of rotatable bonds is 4. The second-order valence-corrected chi connectivity index (χ2v) is 7.94. The molecule has 0 saturated heterocycles. The van der Waals surface area contributed by atoms with E-state index < -0.39 is 0 Å². The minimum Gasteiger partial charge on any atom is -0.497 e. The first kappa shape index (κ1) is 19.4. The number of ether oxygens (including phenoxy) is 1. The van der Waals surface area contributed by atoms with Crippen molar-refractivity contribution in [3.8, 4) is 17.0 Å². The molecule has 4 aromatic rings. The number of fused-ring (bicyclic) bond motifs is 1. The minimum atomic E-state index is -0.259. The number of hydrogen-bond donors (Lipinski definition) is 2. The maximum Gasteiger partial charge on any atom is 0.265 e. The van der Waals surface area contributed by atoms with E-state index in [0.29, 0.717) is 47.8 Å². The summed E-state index contributed by atoms with van der Waals surface area (Å²) in [5.74, 6) is 0.549. The first-order valence-corrected chi connectivity index (χ1v) is 9.99. The van der Waals surface area contributed by atoms with E-state index in [1.807, 2.05) is 0 Å². The van der Waals surface area contributed by atoms with Crippen molar-refractivity contribution in [3.63, 3.8) is 0 Å². The van der Waals surface area contributed by atoms with Gasteiger partial charge >= 0.3 is 0 Å². The van der Waals surface area contributed by atoms with Crippen molar-refractivity contribution in [2.75, 3.05) is 18.2 Å². The molecule has 2 aromatic carbocycles. The van der Waals surface area contributed by atoms with Gasteiger partial charge in [-0.2, -0.15) is 0 Å². The zero-order valence-electron chi connectivity index (χ0n) is 15.1. The average Bonchev–Trinajstić information content (AvgIpc) is 3.12. The van der Waals surface area contributed by atoms with E-state index in [0.717, 1.165) is 0 Å². The largest absolute Gasteiger partial charge is 0.497 e. The molecule has 9 heteroatoms. The van der Waals surface area contributed by atoms with Gasteiger partial charge in [-0.1, -0.05) is 23.2 Å². The second-order valence-electron chi connectivity index (χ2n) is 6.07. The number of nitrogen functional groups attached to an aromatic ring is 1. The van der Waals surface area contributed by atoms with Gasteiger partial charge in [-0.25, -0.2) is 9.97 Å². The Hall–Kier alpha value is -2.87. The Morgan fingerprint density at radius 1 is 1.10 bits per heavy atom. The zero-order chi connectivity index (χ0) is 20.5. The molecule has 146 valence electrons. The molecule has 6 nitrogen and oxygen atoms in total. The van der Waals surface area contributed by atoms with Crippen LogP contribution in [0.4, 0.5) is 11.6 Å². The van der Waals surface area contributed by atoms with Crippen LogP contribution in [0.3, 0.4) is 0 Å². The topological polar surface area (TPSA) is 90.1 Å². The number of carbonyl (C=O) groups is 1. The van der Waals surface area contributed by atoms with E-state index in [4.69, 9.17) is 33.7 Å². The molecule has 0 unspecified atom stereocenters. The highest BCUT2D eigenvalue weighted by molar-refractivity contribution is 7.20. The number of thiophene rings is 1. The summed E-state index contributed by atoms with van der Waals surface area (Å²) < 4.78 is 5.13. The van der Waals surface area contributed by atoms with Gasteiger partial charge in [-0.3, -0.25) is 4.79 Å². The summed E-state index contributed by atoms with van der Waals surface area (Å²) in [5.41, 5.74) is 7.75. The molecule has 0 radical (unpaired) electrons. The Balaban J connectivity index is 1.72. The monoisotopic (exact) mass is 444 g/mol. The number of amides is 1. The number of nitrogens with one attached hydrogen (secondary N) is 1. The Labute approximate surface area is 180 Å². The van der Waals surface area contributed by atoms with Crippen LogP contribution in [0, 0.1) is 0 Å². The summed E-state index contributed by atoms with van der Waals surface area (Å²) >= 11 is 13.6. The van der Waals surface area contributed by atoms with Crippen LogP contribution in [0.15, 0.2) is 48.5 Å². The van der Waals surface area contributed by atoms with Crippen LogP contribution in [0.2, 0.25) is 10.0 Å². The Bertz CT molecular complexity index is 1230. The Morgan fingerprint density at radius 3 is 2.55 bits per heavy atom. The third-order valence-electron chi connectivity index (χ3n) is 4.17. The van der Waals surface area contributed by atoms with Gasteiger partial charge < -0.3 is 15.8 Å². The fourth-order valence-electron chi connectivity index (χ4n) is 2.80. The lowest BCUT2D eigenvalue weighted by molar-refractivity contribution is 0.103. The van der Waals surface area contributed by atoms with Crippen LogP contribution < -0.4 is 15.8 Å². The quantitative estimate of drug-likeness (QED) is 0.433. The zero-order valence-corrected chi connectivity index (χ0v) is 17.4. The highest BCUT2D eigenvalue weighted by Gasteiger charge is 2.18. The lowest BCUT2D eigenvalue weighted by Crippen LogP contribution is -2.09. The molecule has 0 aliphatic carbocycles. The molecule has 1 amide bonds. The number of aromatic nitrogens is 2. The molecule has 3 N–H and O–H groups in total. The van der Waals surface area contributed by atoms with Crippen molar-refractivity contribution in [1.82, 2.24) is 9.97 Å². The summed E-state index contributed by atoms with van der Waals surface area (Å²) in [6, 6.07) is 13.9. The maximum atomic E-state index is 12.7. The number of nitrogens with zero attached hydrogens (tertiary/aromatic N) is 2. The van der Waals surface area contributed by atoms with E-state index in [1.54, 1.807) is 55.6 Å². The Morgan fingerprint density at radius 2 is 1.86 bits per heavy atom. The minimum absolute atomic E-state index is 0.0995. The van der Waals surface area contributed by atoms with Gasteiger partial charge in [0.2, 0.25) is 5.95 Å². The maximum absolute atomic E-state index is 12.7. The number of halogens is 2. The number of hydrogen-bond acceptors (Lipinski definition) is 6.